The Morgan fingerprint density at radius 1 is 1.09 bits per heavy atom. The number of allylic oxidation sites excluding steroid dienone is 1. The minimum Gasteiger partial charge on any atom is -0.497 e. The highest BCUT2D eigenvalue weighted by Gasteiger charge is 2.67. The van der Waals surface area contributed by atoms with Crippen molar-refractivity contribution in [1.29, 1.82) is 0 Å². The molecule has 9 nitrogen and oxygen atoms in total. The number of hydrogen-bond donors (Lipinski definition) is 1. The Bertz CT molecular complexity index is 1050. The zero-order valence-electron chi connectivity index (χ0n) is 19.1. The van der Waals surface area contributed by atoms with Crippen LogP contribution < -0.4 is 9.64 Å². The van der Waals surface area contributed by atoms with Crippen LogP contribution >= 0.6 is 0 Å². The van der Waals surface area contributed by atoms with Crippen molar-refractivity contribution in [1.82, 2.24) is 4.90 Å². The smallest absolute Gasteiger partial charge is 0.266 e. The zero-order valence-corrected chi connectivity index (χ0v) is 19.1. The number of β-lactam (4-membered cyclic amide) rings is 1. The van der Waals surface area contributed by atoms with Gasteiger partial charge in [-0.15, -0.1) is 0 Å². The van der Waals surface area contributed by atoms with Gasteiger partial charge in [0, 0.05) is 12.7 Å². The monoisotopic (exact) mass is 456 g/mol. The molecule has 5 rings (SSSR count). The van der Waals surface area contributed by atoms with Crippen LogP contribution in [-0.2, 0) is 23.9 Å². The third kappa shape index (κ3) is 3.13. The van der Waals surface area contributed by atoms with Crippen molar-refractivity contribution >= 4 is 23.4 Å². The van der Waals surface area contributed by atoms with E-state index in [0.29, 0.717) is 23.4 Å². The zero-order chi connectivity index (χ0) is 23.7. The van der Waals surface area contributed by atoms with E-state index in [2.05, 4.69) is 0 Å². The maximum Gasteiger partial charge on any atom is 0.266 e. The Hall–Kier alpha value is -2.75. The van der Waals surface area contributed by atoms with E-state index in [1.807, 2.05) is 0 Å². The average molecular weight is 456 g/mol. The number of methoxy groups -OCH3 is 1. The van der Waals surface area contributed by atoms with Crippen molar-refractivity contribution in [3.8, 4) is 5.75 Å². The molecule has 0 spiro atoms. The van der Waals surface area contributed by atoms with E-state index >= 15 is 0 Å². The quantitative estimate of drug-likeness (QED) is 0.413. The molecule has 1 aromatic rings. The van der Waals surface area contributed by atoms with E-state index in [9.17, 15) is 19.5 Å². The van der Waals surface area contributed by atoms with Crippen LogP contribution in [0.2, 0.25) is 0 Å². The molecule has 5 atom stereocenters. The predicted octanol–water partition coefficient (Wildman–Crippen LogP) is 1.24. The third-order valence-electron chi connectivity index (χ3n) is 7.31. The molecular weight excluding hydrogens is 428 g/mol. The number of fused-ring (bicyclic) bond motifs is 1. The van der Waals surface area contributed by atoms with Crippen LogP contribution in [0.4, 0.5) is 5.69 Å². The van der Waals surface area contributed by atoms with E-state index < -0.39 is 41.3 Å². The summed E-state index contributed by atoms with van der Waals surface area (Å²) in [6, 6.07) is 6.26. The molecule has 3 aliphatic heterocycles. The predicted molar refractivity (Wildman–Crippen MR) is 116 cm³/mol. The molecule has 3 saturated heterocycles. The second kappa shape index (κ2) is 7.38. The van der Waals surface area contributed by atoms with Gasteiger partial charge in [-0.05, 0) is 56.5 Å². The summed E-state index contributed by atoms with van der Waals surface area (Å²) in [6.45, 7) is 3.78. The number of carbonyl (C=O) groups is 3. The molecule has 1 aliphatic carbocycles. The molecule has 33 heavy (non-hydrogen) atoms. The topological polar surface area (TPSA) is 106 Å². The molecule has 4 aliphatic rings. The first-order valence-electron chi connectivity index (χ1n) is 11.1. The van der Waals surface area contributed by atoms with Crippen molar-refractivity contribution in [2.45, 2.75) is 50.2 Å². The molecule has 9 heteroatoms. The number of hydrogen-bond acceptors (Lipinski definition) is 7. The maximum absolute atomic E-state index is 13.5. The lowest BCUT2D eigenvalue weighted by Gasteiger charge is -2.56. The highest BCUT2D eigenvalue weighted by Crippen LogP contribution is 2.50. The molecule has 176 valence electrons. The van der Waals surface area contributed by atoms with E-state index in [1.165, 1.54) is 11.9 Å². The number of likely N-dealkylation sites (tertiary alicyclic amines) is 1. The highest BCUT2D eigenvalue weighted by molar-refractivity contribution is 6.11. The normalized spacial score (nSPS) is 35.4. The molecule has 1 aromatic carbocycles. The van der Waals surface area contributed by atoms with Crippen LogP contribution in [-0.4, -0.2) is 72.0 Å². The first-order chi connectivity index (χ1) is 15.6. The fourth-order valence-electron chi connectivity index (χ4n) is 5.56. The Labute approximate surface area is 191 Å². The Morgan fingerprint density at radius 3 is 2.36 bits per heavy atom. The SMILES string of the molecule is COc1ccc(N2C(=O)[C@@](O)(C3=CC[C@H]4C(=O)N(C)C(=O)[C@H]4C3)[C@@H]2[C@H]2COC(C)(C)O2)cc1. The Kier molecular flexibility index (Phi) is 4.93. The number of amides is 3. The summed E-state index contributed by atoms with van der Waals surface area (Å²) in [5.74, 6) is -2.17. The minimum atomic E-state index is -1.84. The van der Waals surface area contributed by atoms with Gasteiger partial charge in [-0.2, -0.15) is 0 Å². The van der Waals surface area contributed by atoms with Crippen LogP contribution in [0.15, 0.2) is 35.9 Å². The maximum atomic E-state index is 13.5. The largest absolute Gasteiger partial charge is 0.497 e. The van der Waals surface area contributed by atoms with Crippen molar-refractivity contribution in [3.05, 3.63) is 35.9 Å². The van der Waals surface area contributed by atoms with Gasteiger partial charge >= 0.3 is 0 Å². The Morgan fingerprint density at radius 2 is 1.76 bits per heavy atom. The average Bonchev–Trinajstić information content (AvgIpc) is 3.27. The van der Waals surface area contributed by atoms with Gasteiger partial charge < -0.3 is 19.3 Å². The number of anilines is 1. The lowest BCUT2D eigenvalue weighted by molar-refractivity contribution is -0.169. The summed E-state index contributed by atoms with van der Waals surface area (Å²) in [6.07, 6.45) is 1.65. The summed E-state index contributed by atoms with van der Waals surface area (Å²) in [4.78, 5) is 41.2. The van der Waals surface area contributed by atoms with Crippen LogP contribution in [0, 0.1) is 11.8 Å². The molecule has 1 N–H and O–H groups in total. The molecular formula is C24H28N2O7. The number of carbonyl (C=O) groups excluding carboxylic acids is 3. The first-order valence-corrected chi connectivity index (χ1v) is 11.1. The van der Waals surface area contributed by atoms with Crippen molar-refractivity contribution in [2.24, 2.45) is 11.8 Å². The standard InChI is InChI=1S/C24H28N2O7/c1-23(2)32-12-18(33-23)19-24(30,22(29)26(19)14-6-8-15(31-4)9-7-14)13-5-10-16-17(11-13)21(28)25(3)20(16)27/h5-9,16-19,30H,10-12H2,1-4H3/t16-,17+,18-,19+,24-/m1/s1. The molecule has 0 unspecified atom stereocenters. The molecule has 3 heterocycles. The first kappa shape index (κ1) is 22.1. The third-order valence-corrected chi connectivity index (χ3v) is 7.31. The summed E-state index contributed by atoms with van der Waals surface area (Å²) in [7, 11) is 3.04. The number of nitrogens with zero attached hydrogens (tertiary/aromatic N) is 2. The fraction of sp³-hybridized carbons (Fsp3) is 0.542. The van der Waals surface area contributed by atoms with Crippen molar-refractivity contribution in [2.75, 3.05) is 25.7 Å². The minimum absolute atomic E-state index is 0.158. The van der Waals surface area contributed by atoms with Gasteiger partial charge in [0.2, 0.25) is 11.8 Å². The van der Waals surface area contributed by atoms with Gasteiger partial charge in [-0.3, -0.25) is 24.2 Å². The molecule has 0 bridgehead atoms. The molecule has 0 aromatic heterocycles. The van der Waals surface area contributed by atoms with Gasteiger partial charge in [-0.1, -0.05) is 6.08 Å². The molecule has 3 amide bonds. The van der Waals surface area contributed by atoms with Gasteiger partial charge in [0.15, 0.2) is 11.4 Å². The second-order valence-corrected chi connectivity index (χ2v) is 9.57. The van der Waals surface area contributed by atoms with Crippen LogP contribution in [0.1, 0.15) is 26.7 Å². The van der Waals surface area contributed by atoms with Crippen LogP contribution in [0.25, 0.3) is 0 Å². The number of ether oxygens (including phenoxy) is 3. The van der Waals surface area contributed by atoms with Crippen molar-refractivity contribution in [3.63, 3.8) is 0 Å². The van der Waals surface area contributed by atoms with E-state index in [0.717, 1.165) is 4.90 Å². The number of rotatable bonds is 4. The highest BCUT2D eigenvalue weighted by atomic mass is 16.7. The van der Waals surface area contributed by atoms with E-state index in [4.69, 9.17) is 14.2 Å². The summed E-state index contributed by atoms with van der Waals surface area (Å²) >= 11 is 0. The summed E-state index contributed by atoms with van der Waals surface area (Å²) in [5.41, 5.74) is -0.776. The fourth-order valence-corrected chi connectivity index (χ4v) is 5.56. The summed E-state index contributed by atoms with van der Waals surface area (Å²) < 4.78 is 17.0. The molecule has 0 radical (unpaired) electrons. The van der Waals surface area contributed by atoms with Crippen LogP contribution in [0.3, 0.4) is 0 Å². The number of imide groups is 1. The lowest BCUT2D eigenvalue weighted by atomic mass is 9.67. The number of aliphatic hydroxyl groups is 1. The second-order valence-electron chi connectivity index (χ2n) is 9.57. The lowest BCUT2D eigenvalue weighted by Crippen LogP contribution is -2.79. The van der Waals surface area contributed by atoms with E-state index in [-0.39, 0.29) is 24.8 Å². The van der Waals surface area contributed by atoms with Crippen LogP contribution in [0.5, 0.6) is 5.75 Å². The summed E-state index contributed by atoms with van der Waals surface area (Å²) in [5, 5.41) is 11.8. The molecule has 0 saturated carbocycles. The van der Waals surface area contributed by atoms with Crippen molar-refractivity contribution < 1.29 is 33.7 Å². The Balaban J connectivity index is 1.50. The van der Waals surface area contributed by atoms with E-state index in [1.54, 1.807) is 51.3 Å². The molecule has 3 fully saturated rings. The van der Waals surface area contributed by atoms with Gasteiger partial charge in [-0.25, -0.2) is 0 Å². The number of benzene rings is 1. The van der Waals surface area contributed by atoms with Gasteiger partial charge in [0.1, 0.15) is 17.9 Å². The van der Waals surface area contributed by atoms with Gasteiger partial charge in [0.25, 0.3) is 5.91 Å². The van der Waals surface area contributed by atoms with Gasteiger partial charge in [0.05, 0.1) is 25.6 Å².